The minimum Gasteiger partial charge on any atom is -0.493 e. The van der Waals surface area contributed by atoms with Crippen molar-refractivity contribution in [2.75, 3.05) is 13.7 Å². The van der Waals surface area contributed by atoms with Crippen LogP contribution in [0.2, 0.25) is 0 Å². The van der Waals surface area contributed by atoms with Gasteiger partial charge in [-0.25, -0.2) is 0 Å². The minimum absolute atomic E-state index is 0.588. The Hall–Kier alpha value is -1.77. The van der Waals surface area contributed by atoms with E-state index in [0.717, 1.165) is 32.9 Å². The first kappa shape index (κ1) is 21.5. The summed E-state index contributed by atoms with van der Waals surface area (Å²) < 4.78 is 13.2. The summed E-state index contributed by atoms with van der Waals surface area (Å²) >= 11 is 6.99. The quantitative estimate of drug-likeness (QED) is 0.210. The highest BCUT2D eigenvalue weighted by molar-refractivity contribution is 9.10. The Labute approximate surface area is 178 Å². The Morgan fingerprint density at radius 1 is 1.11 bits per heavy atom. The van der Waals surface area contributed by atoms with Crippen LogP contribution in [0.25, 0.3) is 11.6 Å². The maximum Gasteiger partial charge on any atom is 0.175 e. The van der Waals surface area contributed by atoms with Crippen LogP contribution in [0.15, 0.2) is 45.3 Å². The molecule has 0 aromatic heterocycles. The fourth-order valence-electron chi connectivity index (χ4n) is 2.64. The van der Waals surface area contributed by atoms with E-state index in [1.54, 1.807) is 7.11 Å². The molecule has 2 aromatic rings. The van der Waals surface area contributed by atoms with Gasteiger partial charge in [-0.2, -0.15) is 5.26 Å². The van der Waals surface area contributed by atoms with Gasteiger partial charge < -0.3 is 9.47 Å². The minimum atomic E-state index is 0.588. The number of rotatable bonds is 9. The van der Waals surface area contributed by atoms with Crippen molar-refractivity contribution < 1.29 is 9.47 Å². The lowest BCUT2D eigenvalue weighted by atomic mass is 10.0. The first-order chi connectivity index (χ1) is 13.1. The lowest BCUT2D eigenvalue weighted by Crippen LogP contribution is -2.00. The summed E-state index contributed by atoms with van der Waals surface area (Å²) in [5, 5.41) is 9.55. The second kappa shape index (κ2) is 11.2. The van der Waals surface area contributed by atoms with E-state index in [1.165, 1.54) is 12.8 Å². The van der Waals surface area contributed by atoms with Crippen LogP contribution in [0.5, 0.6) is 11.5 Å². The summed E-state index contributed by atoms with van der Waals surface area (Å²) in [7, 11) is 1.62. The van der Waals surface area contributed by atoms with E-state index in [1.807, 2.05) is 42.5 Å². The molecule has 2 aromatic carbocycles. The van der Waals surface area contributed by atoms with E-state index in [9.17, 15) is 5.26 Å². The topological polar surface area (TPSA) is 42.2 Å². The molecule has 0 unspecified atom stereocenters. The average molecular weight is 493 g/mol. The molecular formula is C22H23Br2NO2. The second-order valence-corrected chi connectivity index (χ2v) is 7.89. The molecule has 5 heteroatoms. The van der Waals surface area contributed by atoms with Crippen LogP contribution in [0.1, 0.15) is 43.7 Å². The first-order valence-electron chi connectivity index (χ1n) is 8.97. The predicted molar refractivity (Wildman–Crippen MR) is 118 cm³/mol. The predicted octanol–water partition coefficient (Wildman–Crippen LogP) is 7.24. The Morgan fingerprint density at radius 2 is 1.85 bits per heavy atom. The SMILES string of the molecule is CCCCCCOc1c(Br)cc(/C=C(\C#N)c2ccc(Br)cc2)cc1OC. The Bertz CT molecular complexity index is 823. The van der Waals surface area contributed by atoms with Crippen molar-refractivity contribution in [3.63, 3.8) is 0 Å². The Balaban J connectivity index is 2.23. The zero-order valence-corrected chi connectivity index (χ0v) is 18.8. The van der Waals surface area contributed by atoms with Crippen molar-refractivity contribution in [2.45, 2.75) is 32.6 Å². The molecule has 0 saturated carbocycles. The molecule has 0 bridgehead atoms. The van der Waals surface area contributed by atoms with Gasteiger partial charge in [0.1, 0.15) is 0 Å². The van der Waals surface area contributed by atoms with Crippen LogP contribution in [-0.2, 0) is 0 Å². The van der Waals surface area contributed by atoms with Gasteiger partial charge in [-0.3, -0.25) is 0 Å². The normalized spacial score (nSPS) is 11.1. The number of methoxy groups -OCH3 is 1. The van der Waals surface area contributed by atoms with Crippen molar-refractivity contribution in [3.05, 3.63) is 56.5 Å². The summed E-state index contributed by atoms with van der Waals surface area (Å²) in [6, 6.07) is 13.8. The van der Waals surface area contributed by atoms with Crippen molar-refractivity contribution in [3.8, 4) is 17.6 Å². The fraction of sp³-hybridized carbons (Fsp3) is 0.318. The molecule has 0 atom stereocenters. The molecule has 3 nitrogen and oxygen atoms in total. The third-order valence-corrected chi connectivity index (χ3v) is 5.20. The lowest BCUT2D eigenvalue weighted by Gasteiger charge is -2.14. The Morgan fingerprint density at radius 3 is 2.48 bits per heavy atom. The van der Waals surface area contributed by atoms with E-state index in [0.29, 0.717) is 23.7 Å². The van der Waals surface area contributed by atoms with Gasteiger partial charge in [0.25, 0.3) is 0 Å². The van der Waals surface area contributed by atoms with Crippen LogP contribution in [-0.4, -0.2) is 13.7 Å². The van der Waals surface area contributed by atoms with Crippen LogP contribution in [0, 0.1) is 11.3 Å². The van der Waals surface area contributed by atoms with Crippen LogP contribution >= 0.6 is 31.9 Å². The fourth-order valence-corrected chi connectivity index (χ4v) is 3.48. The zero-order valence-electron chi connectivity index (χ0n) is 15.6. The first-order valence-corrected chi connectivity index (χ1v) is 10.6. The summed E-state index contributed by atoms with van der Waals surface area (Å²) in [5.74, 6) is 1.35. The van der Waals surface area contributed by atoms with Gasteiger partial charge in [-0.1, -0.05) is 54.2 Å². The lowest BCUT2D eigenvalue weighted by molar-refractivity contribution is 0.283. The summed E-state index contributed by atoms with van der Waals surface area (Å²) in [6.45, 7) is 2.85. The van der Waals surface area contributed by atoms with Gasteiger partial charge in [0, 0.05) is 4.47 Å². The van der Waals surface area contributed by atoms with E-state index in [2.05, 4.69) is 44.9 Å². The maximum absolute atomic E-state index is 9.55. The molecule has 27 heavy (non-hydrogen) atoms. The number of nitrogens with zero attached hydrogens (tertiary/aromatic N) is 1. The summed E-state index contributed by atoms with van der Waals surface area (Å²) in [5.41, 5.74) is 2.33. The molecule has 0 aliphatic heterocycles. The molecule has 0 heterocycles. The molecule has 0 aliphatic rings. The number of benzene rings is 2. The molecular weight excluding hydrogens is 470 g/mol. The van der Waals surface area contributed by atoms with E-state index < -0.39 is 0 Å². The second-order valence-electron chi connectivity index (χ2n) is 6.12. The molecule has 0 spiro atoms. The smallest absolute Gasteiger partial charge is 0.175 e. The highest BCUT2D eigenvalue weighted by Crippen LogP contribution is 2.37. The van der Waals surface area contributed by atoms with Crippen LogP contribution in [0.4, 0.5) is 0 Å². The van der Waals surface area contributed by atoms with Crippen LogP contribution in [0.3, 0.4) is 0 Å². The summed E-state index contributed by atoms with van der Waals surface area (Å²) in [4.78, 5) is 0. The number of halogens is 2. The van der Waals surface area contributed by atoms with Gasteiger partial charge in [0.15, 0.2) is 11.5 Å². The molecule has 0 fully saturated rings. The number of ether oxygens (including phenoxy) is 2. The van der Waals surface area contributed by atoms with Crippen molar-refractivity contribution in [1.82, 2.24) is 0 Å². The van der Waals surface area contributed by atoms with Gasteiger partial charge in [-0.05, 0) is 63.8 Å². The van der Waals surface area contributed by atoms with E-state index in [4.69, 9.17) is 9.47 Å². The number of hydrogen-bond acceptors (Lipinski definition) is 3. The molecule has 142 valence electrons. The van der Waals surface area contributed by atoms with Gasteiger partial charge in [0.05, 0.1) is 29.8 Å². The van der Waals surface area contributed by atoms with E-state index in [-0.39, 0.29) is 0 Å². The van der Waals surface area contributed by atoms with Gasteiger partial charge in [0.2, 0.25) is 0 Å². The average Bonchev–Trinajstić information content (AvgIpc) is 2.67. The monoisotopic (exact) mass is 491 g/mol. The molecule has 0 radical (unpaired) electrons. The highest BCUT2D eigenvalue weighted by atomic mass is 79.9. The molecule has 2 rings (SSSR count). The van der Waals surface area contributed by atoms with Crippen molar-refractivity contribution in [1.29, 1.82) is 5.26 Å². The molecule has 0 amide bonds. The van der Waals surface area contributed by atoms with Gasteiger partial charge in [-0.15, -0.1) is 0 Å². The van der Waals surface area contributed by atoms with E-state index >= 15 is 0 Å². The zero-order chi connectivity index (χ0) is 19.6. The largest absolute Gasteiger partial charge is 0.493 e. The van der Waals surface area contributed by atoms with Crippen LogP contribution < -0.4 is 9.47 Å². The standard InChI is InChI=1S/C22H23Br2NO2/c1-3-4-5-6-11-27-22-20(24)13-16(14-21(22)26-2)12-18(15-25)17-7-9-19(23)10-8-17/h7-10,12-14H,3-6,11H2,1-2H3/b18-12+. The Kier molecular flexibility index (Phi) is 8.90. The number of unbranched alkanes of at least 4 members (excludes halogenated alkanes) is 3. The third kappa shape index (κ3) is 6.41. The molecule has 0 N–H and O–H groups in total. The van der Waals surface area contributed by atoms with Crippen molar-refractivity contribution >= 4 is 43.5 Å². The maximum atomic E-state index is 9.55. The highest BCUT2D eigenvalue weighted by Gasteiger charge is 2.12. The number of hydrogen-bond donors (Lipinski definition) is 0. The number of allylic oxidation sites excluding steroid dienone is 1. The van der Waals surface area contributed by atoms with Gasteiger partial charge >= 0.3 is 0 Å². The van der Waals surface area contributed by atoms with Crippen molar-refractivity contribution in [2.24, 2.45) is 0 Å². The number of nitriles is 1. The molecule has 0 aliphatic carbocycles. The summed E-state index contributed by atoms with van der Waals surface area (Å²) in [6.07, 6.45) is 6.46. The third-order valence-electron chi connectivity index (χ3n) is 4.08. The molecule has 0 saturated heterocycles.